The lowest BCUT2D eigenvalue weighted by Crippen LogP contribution is -2.18. The van der Waals surface area contributed by atoms with E-state index in [1.54, 1.807) is 30.3 Å². The van der Waals surface area contributed by atoms with Crippen molar-refractivity contribution in [2.45, 2.75) is 13.3 Å². The number of nitrogens with one attached hydrogen (secondary N) is 1. The van der Waals surface area contributed by atoms with Crippen molar-refractivity contribution in [2.75, 3.05) is 13.7 Å². The van der Waals surface area contributed by atoms with Gasteiger partial charge in [0.25, 0.3) is 5.91 Å². The number of methoxy groups -OCH3 is 1. The Hall–Kier alpha value is -3.02. The van der Waals surface area contributed by atoms with Gasteiger partial charge in [-0.3, -0.25) is 4.79 Å². The quantitative estimate of drug-likeness (QED) is 0.605. The van der Waals surface area contributed by atoms with Gasteiger partial charge in [-0.25, -0.2) is 5.43 Å². The molecule has 0 bridgehead atoms. The molecule has 0 heterocycles. The highest BCUT2D eigenvalue weighted by Gasteiger charge is 2.11. The molecule has 0 aliphatic carbocycles. The Morgan fingerprint density at radius 3 is 2.79 bits per heavy atom. The Morgan fingerprint density at radius 1 is 1.25 bits per heavy atom. The fourth-order valence-corrected chi connectivity index (χ4v) is 1.99. The van der Waals surface area contributed by atoms with Crippen LogP contribution in [0.15, 0.2) is 47.6 Å². The Morgan fingerprint density at radius 2 is 2.04 bits per heavy atom. The first kappa shape index (κ1) is 17.3. The molecule has 0 aliphatic heterocycles. The van der Waals surface area contributed by atoms with Gasteiger partial charge in [0.1, 0.15) is 5.75 Å². The van der Waals surface area contributed by atoms with Crippen molar-refractivity contribution in [3.63, 3.8) is 0 Å². The molecular formula is C18H20N2O4. The number of phenolic OH excluding ortho intramolecular Hbond substituents is 1. The van der Waals surface area contributed by atoms with Gasteiger partial charge in [0.15, 0.2) is 11.5 Å². The van der Waals surface area contributed by atoms with Crippen LogP contribution in [0.5, 0.6) is 17.2 Å². The highest BCUT2D eigenvalue weighted by atomic mass is 16.5. The van der Waals surface area contributed by atoms with Gasteiger partial charge < -0.3 is 14.6 Å². The molecular weight excluding hydrogens is 308 g/mol. The van der Waals surface area contributed by atoms with Gasteiger partial charge in [-0.2, -0.15) is 5.10 Å². The topological polar surface area (TPSA) is 80.2 Å². The van der Waals surface area contributed by atoms with E-state index >= 15 is 0 Å². The average molecular weight is 328 g/mol. The number of nitrogens with zero attached hydrogens (tertiary/aromatic N) is 1. The molecule has 0 fully saturated rings. The highest BCUT2D eigenvalue weighted by Crippen LogP contribution is 2.25. The zero-order chi connectivity index (χ0) is 17.4. The molecule has 6 heteroatoms. The van der Waals surface area contributed by atoms with Gasteiger partial charge in [-0.15, -0.1) is 0 Å². The van der Waals surface area contributed by atoms with Crippen molar-refractivity contribution in [2.24, 2.45) is 5.10 Å². The van der Waals surface area contributed by atoms with Crippen molar-refractivity contribution < 1.29 is 19.4 Å². The van der Waals surface area contributed by atoms with Crippen LogP contribution < -0.4 is 14.9 Å². The van der Waals surface area contributed by atoms with E-state index in [2.05, 4.69) is 10.5 Å². The van der Waals surface area contributed by atoms with E-state index in [0.29, 0.717) is 29.2 Å². The summed E-state index contributed by atoms with van der Waals surface area (Å²) in [5.74, 6) is 0.548. The SMILES string of the molecule is CCCOc1ccccc1C(=O)NN=Cc1ccc(O)c(OC)c1. The molecule has 0 unspecified atom stereocenters. The number of phenols is 1. The highest BCUT2D eigenvalue weighted by molar-refractivity contribution is 5.97. The summed E-state index contributed by atoms with van der Waals surface area (Å²) in [7, 11) is 1.46. The minimum atomic E-state index is -0.358. The molecule has 2 rings (SSSR count). The second-order valence-electron chi connectivity index (χ2n) is 4.98. The first-order valence-electron chi connectivity index (χ1n) is 7.58. The Balaban J connectivity index is 2.05. The van der Waals surface area contributed by atoms with Crippen LogP contribution in [0.3, 0.4) is 0 Å². The van der Waals surface area contributed by atoms with E-state index in [0.717, 1.165) is 6.42 Å². The number of hydrazone groups is 1. The second-order valence-corrected chi connectivity index (χ2v) is 4.98. The van der Waals surface area contributed by atoms with Crippen LogP contribution in [0.2, 0.25) is 0 Å². The number of rotatable bonds is 7. The number of carbonyl (C=O) groups excluding carboxylic acids is 1. The molecule has 24 heavy (non-hydrogen) atoms. The normalized spacial score (nSPS) is 10.6. The molecule has 0 spiro atoms. The summed E-state index contributed by atoms with van der Waals surface area (Å²) in [5, 5.41) is 13.5. The standard InChI is InChI=1S/C18H20N2O4/c1-3-10-24-16-7-5-4-6-14(16)18(22)20-19-12-13-8-9-15(21)17(11-13)23-2/h4-9,11-12,21H,3,10H2,1-2H3,(H,20,22). The van der Waals surface area contributed by atoms with Crippen LogP contribution in [-0.2, 0) is 0 Å². The first-order valence-corrected chi connectivity index (χ1v) is 7.58. The Kier molecular flexibility index (Phi) is 6.19. The molecule has 2 N–H and O–H groups in total. The van der Waals surface area contributed by atoms with E-state index in [4.69, 9.17) is 9.47 Å². The summed E-state index contributed by atoms with van der Waals surface area (Å²) in [5.41, 5.74) is 3.57. The predicted molar refractivity (Wildman–Crippen MR) is 91.9 cm³/mol. The lowest BCUT2D eigenvalue weighted by Gasteiger charge is -2.09. The molecule has 1 amide bonds. The molecule has 0 saturated carbocycles. The third-order valence-electron chi connectivity index (χ3n) is 3.18. The molecule has 126 valence electrons. The number of aromatic hydroxyl groups is 1. The van der Waals surface area contributed by atoms with E-state index in [-0.39, 0.29) is 11.7 Å². The van der Waals surface area contributed by atoms with Crippen LogP contribution in [0.4, 0.5) is 0 Å². The Labute approximate surface area is 140 Å². The minimum absolute atomic E-state index is 0.0423. The molecule has 0 aromatic heterocycles. The van der Waals surface area contributed by atoms with Crippen LogP contribution in [-0.4, -0.2) is 30.9 Å². The number of ether oxygens (including phenoxy) is 2. The first-order chi connectivity index (χ1) is 11.7. The maximum atomic E-state index is 12.2. The number of amides is 1. The van der Waals surface area contributed by atoms with Gasteiger partial charge in [0.05, 0.1) is 25.5 Å². The van der Waals surface area contributed by atoms with Crippen molar-refractivity contribution in [3.8, 4) is 17.2 Å². The molecule has 2 aromatic rings. The molecule has 0 saturated heterocycles. The summed E-state index contributed by atoms with van der Waals surface area (Å²) in [6.07, 6.45) is 2.33. The molecule has 6 nitrogen and oxygen atoms in total. The number of carbonyl (C=O) groups is 1. The zero-order valence-electron chi connectivity index (χ0n) is 13.7. The third-order valence-corrected chi connectivity index (χ3v) is 3.18. The van der Waals surface area contributed by atoms with Gasteiger partial charge in [0, 0.05) is 0 Å². The summed E-state index contributed by atoms with van der Waals surface area (Å²) in [4.78, 5) is 12.2. The molecule has 0 atom stereocenters. The lowest BCUT2D eigenvalue weighted by molar-refractivity contribution is 0.0951. The van der Waals surface area contributed by atoms with Crippen molar-refractivity contribution >= 4 is 12.1 Å². The van der Waals surface area contributed by atoms with E-state index < -0.39 is 0 Å². The summed E-state index contributed by atoms with van der Waals surface area (Å²) >= 11 is 0. The van der Waals surface area contributed by atoms with Gasteiger partial charge in [-0.1, -0.05) is 19.1 Å². The number of hydrogen-bond acceptors (Lipinski definition) is 5. The fourth-order valence-electron chi connectivity index (χ4n) is 1.99. The van der Waals surface area contributed by atoms with Crippen LogP contribution >= 0.6 is 0 Å². The summed E-state index contributed by atoms with van der Waals surface area (Å²) in [6.45, 7) is 2.54. The monoisotopic (exact) mass is 328 g/mol. The third kappa shape index (κ3) is 4.49. The van der Waals surface area contributed by atoms with Crippen LogP contribution in [0.1, 0.15) is 29.3 Å². The van der Waals surface area contributed by atoms with Crippen LogP contribution in [0.25, 0.3) is 0 Å². The van der Waals surface area contributed by atoms with Gasteiger partial charge in [-0.05, 0) is 42.3 Å². The fraction of sp³-hybridized carbons (Fsp3) is 0.222. The predicted octanol–water partition coefficient (Wildman–Crippen LogP) is 2.95. The number of benzene rings is 2. The molecule has 2 aromatic carbocycles. The van der Waals surface area contributed by atoms with Crippen molar-refractivity contribution in [1.82, 2.24) is 5.43 Å². The van der Waals surface area contributed by atoms with Gasteiger partial charge in [0.2, 0.25) is 0 Å². The van der Waals surface area contributed by atoms with Crippen molar-refractivity contribution in [1.29, 1.82) is 0 Å². The smallest absolute Gasteiger partial charge is 0.275 e. The lowest BCUT2D eigenvalue weighted by atomic mass is 10.2. The second kappa shape index (κ2) is 8.57. The minimum Gasteiger partial charge on any atom is -0.504 e. The maximum absolute atomic E-state index is 12.2. The number of hydrogen-bond donors (Lipinski definition) is 2. The van der Waals surface area contributed by atoms with Gasteiger partial charge >= 0.3 is 0 Å². The van der Waals surface area contributed by atoms with E-state index in [1.165, 1.54) is 19.4 Å². The maximum Gasteiger partial charge on any atom is 0.275 e. The van der Waals surface area contributed by atoms with E-state index in [1.807, 2.05) is 13.0 Å². The zero-order valence-corrected chi connectivity index (χ0v) is 13.7. The average Bonchev–Trinajstić information content (AvgIpc) is 2.61. The number of para-hydroxylation sites is 1. The largest absolute Gasteiger partial charge is 0.504 e. The Bertz CT molecular complexity index is 729. The molecule has 0 radical (unpaired) electrons. The molecule has 0 aliphatic rings. The van der Waals surface area contributed by atoms with E-state index in [9.17, 15) is 9.90 Å². The summed E-state index contributed by atoms with van der Waals surface area (Å²) < 4.78 is 10.6. The van der Waals surface area contributed by atoms with Crippen LogP contribution in [0, 0.1) is 0 Å². The van der Waals surface area contributed by atoms with Crippen molar-refractivity contribution in [3.05, 3.63) is 53.6 Å². The summed E-state index contributed by atoms with van der Waals surface area (Å²) in [6, 6.07) is 11.8.